The Bertz CT molecular complexity index is 490. The first kappa shape index (κ1) is 15.8. The second-order valence-corrected chi connectivity index (χ2v) is 5.19. The molecule has 1 atom stereocenters. The van der Waals surface area contributed by atoms with E-state index in [2.05, 4.69) is 10.6 Å². The van der Waals surface area contributed by atoms with E-state index >= 15 is 0 Å². The van der Waals surface area contributed by atoms with Crippen molar-refractivity contribution in [1.29, 1.82) is 0 Å². The monoisotopic (exact) mass is 301 g/mol. The smallest absolute Gasteiger partial charge is 0.248 e. The largest absolute Gasteiger partial charge is 0.366 e. The highest BCUT2D eigenvalue weighted by atomic mass is 35.5. The number of nitrogens with two attached hydrogens (primary N) is 1. The normalized spacial score (nSPS) is 17.6. The fourth-order valence-electron chi connectivity index (χ4n) is 1.81. The molecule has 0 spiro atoms. The Labute approximate surface area is 122 Å². The molecule has 1 aliphatic heterocycles. The van der Waals surface area contributed by atoms with Crippen LogP contribution in [0.2, 0.25) is 0 Å². The highest BCUT2D eigenvalue weighted by molar-refractivity contribution is 7.99. The van der Waals surface area contributed by atoms with Crippen molar-refractivity contribution in [2.24, 2.45) is 5.73 Å². The van der Waals surface area contributed by atoms with E-state index in [1.54, 1.807) is 36.9 Å². The zero-order valence-electron chi connectivity index (χ0n) is 10.4. The van der Waals surface area contributed by atoms with Crippen molar-refractivity contribution in [3.05, 3.63) is 29.3 Å². The highest BCUT2D eigenvalue weighted by Crippen LogP contribution is 2.16. The molecule has 1 aromatic carbocycles. The number of thioether (sulfide) groups is 1. The van der Waals surface area contributed by atoms with Crippen LogP contribution in [-0.4, -0.2) is 29.5 Å². The summed E-state index contributed by atoms with van der Waals surface area (Å²) in [6.07, 6.45) is 0. The Morgan fingerprint density at radius 1 is 1.47 bits per heavy atom. The lowest BCUT2D eigenvalue weighted by Gasteiger charge is -2.11. The number of anilines is 1. The number of halogens is 1. The molecule has 1 unspecified atom stereocenters. The van der Waals surface area contributed by atoms with Gasteiger partial charge in [0.05, 0.1) is 6.04 Å². The first-order valence-electron chi connectivity index (χ1n) is 5.60. The van der Waals surface area contributed by atoms with Gasteiger partial charge >= 0.3 is 0 Å². The van der Waals surface area contributed by atoms with Crippen LogP contribution in [0.4, 0.5) is 5.69 Å². The lowest BCUT2D eigenvalue weighted by Crippen LogP contribution is -2.37. The summed E-state index contributed by atoms with van der Waals surface area (Å²) in [5.41, 5.74) is 7.14. The summed E-state index contributed by atoms with van der Waals surface area (Å²) in [6.45, 7) is 1.79. The quantitative estimate of drug-likeness (QED) is 0.781. The summed E-state index contributed by atoms with van der Waals surface area (Å²) < 4.78 is 0. The first-order chi connectivity index (χ1) is 8.58. The molecule has 1 saturated heterocycles. The summed E-state index contributed by atoms with van der Waals surface area (Å²) in [5.74, 6) is 1.08. The van der Waals surface area contributed by atoms with Gasteiger partial charge in [-0.05, 0) is 30.7 Å². The van der Waals surface area contributed by atoms with Crippen molar-refractivity contribution in [2.75, 3.05) is 16.9 Å². The summed E-state index contributed by atoms with van der Waals surface area (Å²) >= 11 is 1.70. The number of benzene rings is 1. The Kier molecular flexibility index (Phi) is 5.65. The molecule has 2 amide bonds. The third kappa shape index (κ3) is 3.86. The van der Waals surface area contributed by atoms with Crippen molar-refractivity contribution in [3.8, 4) is 0 Å². The third-order valence-electron chi connectivity index (χ3n) is 2.79. The van der Waals surface area contributed by atoms with Crippen LogP contribution < -0.4 is 16.4 Å². The highest BCUT2D eigenvalue weighted by Gasteiger charge is 2.22. The number of amides is 2. The van der Waals surface area contributed by atoms with Gasteiger partial charge in [-0.25, -0.2) is 0 Å². The number of rotatable bonds is 3. The number of hydrogen-bond acceptors (Lipinski definition) is 4. The molecule has 1 fully saturated rings. The molecular weight excluding hydrogens is 286 g/mol. The zero-order chi connectivity index (χ0) is 13.1. The van der Waals surface area contributed by atoms with Gasteiger partial charge < -0.3 is 11.1 Å². The van der Waals surface area contributed by atoms with Crippen LogP contribution in [0.3, 0.4) is 0 Å². The molecule has 2 rings (SSSR count). The summed E-state index contributed by atoms with van der Waals surface area (Å²) in [7, 11) is 0. The summed E-state index contributed by atoms with van der Waals surface area (Å²) in [4.78, 5) is 23.0. The number of carbonyl (C=O) groups is 2. The Balaban J connectivity index is 0.00000180. The standard InChI is InChI=1S/C12H15N3O2S.ClH/c1-7-4-8(2-3-9(7)11(13)16)15-12(17)10-5-18-6-14-10;/h2-4,10,14H,5-6H2,1H3,(H2,13,16)(H,15,17);1H. The maximum Gasteiger partial charge on any atom is 0.248 e. The molecule has 0 aliphatic carbocycles. The van der Waals surface area contributed by atoms with E-state index in [0.29, 0.717) is 11.3 Å². The maximum atomic E-state index is 11.9. The van der Waals surface area contributed by atoms with E-state index < -0.39 is 5.91 Å². The Morgan fingerprint density at radius 2 is 2.21 bits per heavy atom. The molecule has 0 saturated carbocycles. The zero-order valence-corrected chi connectivity index (χ0v) is 12.1. The van der Waals surface area contributed by atoms with E-state index in [1.807, 2.05) is 0 Å². The van der Waals surface area contributed by atoms with Crippen LogP contribution in [0.5, 0.6) is 0 Å². The van der Waals surface area contributed by atoms with Crippen LogP contribution in [0.1, 0.15) is 15.9 Å². The molecule has 1 heterocycles. The predicted molar refractivity (Wildman–Crippen MR) is 79.8 cm³/mol. The number of nitrogens with one attached hydrogen (secondary N) is 2. The minimum atomic E-state index is -0.459. The third-order valence-corrected chi connectivity index (χ3v) is 3.73. The number of carbonyl (C=O) groups excluding carboxylic acids is 2. The van der Waals surface area contributed by atoms with E-state index in [-0.39, 0.29) is 24.4 Å². The number of primary amides is 1. The van der Waals surface area contributed by atoms with Crippen molar-refractivity contribution in [3.63, 3.8) is 0 Å². The molecule has 5 nitrogen and oxygen atoms in total. The van der Waals surface area contributed by atoms with Gasteiger partial charge in [0.1, 0.15) is 0 Å². The van der Waals surface area contributed by atoms with Crippen LogP contribution >= 0.6 is 24.2 Å². The van der Waals surface area contributed by atoms with E-state index in [0.717, 1.165) is 17.2 Å². The van der Waals surface area contributed by atoms with Gasteiger partial charge in [-0.15, -0.1) is 24.2 Å². The topological polar surface area (TPSA) is 84.2 Å². The molecule has 0 bridgehead atoms. The number of aryl methyl sites for hydroxylation is 1. The van der Waals surface area contributed by atoms with Gasteiger partial charge in [0.25, 0.3) is 0 Å². The van der Waals surface area contributed by atoms with E-state index in [4.69, 9.17) is 5.73 Å². The van der Waals surface area contributed by atoms with E-state index in [9.17, 15) is 9.59 Å². The van der Waals surface area contributed by atoms with Gasteiger partial charge in [-0.2, -0.15) is 0 Å². The fourth-order valence-corrected chi connectivity index (χ4v) is 2.75. The SMILES string of the molecule is Cc1cc(NC(=O)C2CSCN2)ccc1C(N)=O.Cl. The Morgan fingerprint density at radius 3 is 2.74 bits per heavy atom. The average Bonchev–Trinajstić information content (AvgIpc) is 2.81. The molecule has 19 heavy (non-hydrogen) atoms. The molecule has 0 radical (unpaired) electrons. The first-order valence-corrected chi connectivity index (χ1v) is 6.76. The van der Waals surface area contributed by atoms with Crippen LogP contribution in [0.15, 0.2) is 18.2 Å². The molecule has 1 aromatic rings. The van der Waals surface area contributed by atoms with Gasteiger partial charge in [0.15, 0.2) is 0 Å². The molecule has 4 N–H and O–H groups in total. The minimum absolute atomic E-state index is 0. The fraction of sp³-hybridized carbons (Fsp3) is 0.333. The lowest BCUT2D eigenvalue weighted by atomic mass is 10.1. The van der Waals surface area contributed by atoms with Crippen molar-refractivity contribution in [2.45, 2.75) is 13.0 Å². The van der Waals surface area contributed by atoms with Crippen molar-refractivity contribution >= 4 is 41.7 Å². The second-order valence-electron chi connectivity index (χ2n) is 4.16. The summed E-state index contributed by atoms with van der Waals surface area (Å²) in [6, 6.07) is 4.92. The van der Waals surface area contributed by atoms with Gasteiger partial charge in [0.2, 0.25) is 11.8 Å². The molecule has 104 valence electrons. The molecule has 7 heteroatoms. The van der Waals surface area contributed by atoms with E-state index in [1.165, 1.54) is 0 Å². The van der Waals surface area contributed by atoms with Crippen molar-refractivity contribution < 1.29 is 9.59 Å². The Hall–Kier alpha value is -1.24. The maximum absolute atomic E-state index is 11.9. The molecule has 1 aliphatic rings. The average molecular weight is 302 g/mol. The van der Waals surface area contributed by atoms with Gasteiger partial charge in [-0.1, -0.05) is 0 Å². The minimum Gasteiger partial charge on any atom is -0.366 e. The lowest BCUT2D eigenvalue weighted by molar-refractivity contribution is -0.117. The molecule has 0 aromatic heterocycles. The van der Waals surface area contributed by atoms with Crippen LogP contribution in [0, 0.1) is 6.92 Å². The predicted octanol–water partition coefficient (Wildman–Crippen LogP) is 1.12. The van der Waals surface area contributed by atoms with Gasteiger partial charge in [-0.3, -0.25) is 14.9 Å². The van der Waals surface area contributed by atoms with Crippen LogP contribution in [-0.2, 0) is 4.79 Å². The van der Waals surface area contributed by atoms with Gasteiger partial charge in [0, 0.05) is 22.9 Å². The molecular formula is C12H16ClN3O2S. The number of hydrogen-bond donors (Lipinski definition) is 3. The van der Waals surface area contributed by atoms with Crippen molar-refractivity contribution in [1.82, 2.24) is 5.32 Å². The van der Waals surface area contributed by atoms with Crippen LogP contribution in [0.25, 0.3) is 0 Å². The second kappa shape index (κ2) is 6.79. The summed E-state index contributed by atoms with van der Waals surface area (Å²) in [5, 5.41) is 5.92.